The number of allylic oxidation sites excluding steroid dienone is 2. The van der Waals surface area contributed by atoms with Crippen molar-refractivity contribution in [2.75, 3.05) is 32.2 Å². The molecule has 1 atom stereocenters. The number of ether oxygens (including phenoxy) is 1. The van der Waals surface area contributed by atoms with Crippen LogP contribution >= 0.6 is 11.3 Å². The van der Waals surface area contributed by atoms with Gasteiger partial charge < -0.3 is 14.7 Å². The molecule has 1 N–H and O–H groups in total. The standard InChI is InChI=1S/C28H29N3O5S2/c1-20-8-12-24(13-9-20)38(33,34)35-19-23(18-32)36-22-11-14-25-26(16-22)37-28(30-25)7-5-4-6-21-10-15-27(29-17-21)31(2)3/h4-17,23,32H,18-19H2,1-3H3. The van der Waals surface area contributed by atoms with Crippen LogP contribution in [0.15, 0.2) is 77.8 Å². The van der Waals surface area contributed by atoms with Crippen molar-refractivity contribution in [2.24, 2.45) is 0 Å². The highest BCUT2D eigenvalue weighted by Gasteiger charge is 2.19. The molecule has 0 radical (unpaired) electrons. The molecule has 4 aromatic rings. The van der Waals surface area contributed by atoms with Crippen LogP contribution in [0.5, 0.6) is 5.75 Å². The molecule has 2 heterocycles. The number of aromatic nitrogens is 2. The van der Waals surface area contributed by atoms with E-state index in [-0.39, 0.29) is 11.5 Å². The maximum atomic E-state index is 12.4. The Bertz CT molecular complexity index is 1530. The number of benzene rings is 2. The summed E-state index contributed by atoms with van der Waals surface area (Å²) in [4.78, 5) is 11.0. The second-order valence-corrected chi connectivity index (χ2v) is 11.4. The van der Waals surface area contributed by atoms with Crippen LogP contribution in [0.25, 0.3) is 22.4 Å². The van der Waals surface area contributed by atoms with E-state index >= 15 is 0 Å². The Morgan fingerprint density at radius 2 is 1.82 bits per heavy atom. The van der Waals surface area contributed by atoms with Gasteiger partial charge in [-0.25, -0.2) is 9.97 Å². The number of hydrogen-bond donors (Lipinski definition) is 1. The minimum absolute atomic E-state index is 0.0557. The van der Waals surface area contributed by atoms with E-state index in [0.717, 1.165) is 32.2 Å². The van der Waals surface area contributed by atoms with Gasteiger partial charge in [-0.1, -0.05) is 35.9 Å². The van der Waals surface area contributed by atoms with Crippen molar-refractivity contribution in [3.63, 3.8) is 0 Å². The molecule has 0 spiro atoms. The van der Waals surface area contributed by atoms with Crippen molar-refractivity contribution >= 4 is 49.6 Å². The lowest BCUT2D eigenvalue weighted by Gasteiger charge is -2.17. The molecular weight excluding hydrogens is 522 g/mol. The number of anilines is 1. The van der Waals surface area contributed by atoms with E-state index in [1.54, 1.807) is 18.2 Å². The van der Waals surface area contributed by atoms with Crippen LogP contribution in [0, 0.1) is 6.92 Å². The summed E-state index contributed by atoms with van der Waals surface area (Å²) in [5.74, 6) is 1.39. The van der Waals surface area contributed by atoms with Crippen LogP contribution in [0.4, 0.5) is 5.82 Å². The first-order chi connectivity index (χ1) is 18.2. The molecule has 0 saturated heterocycles. The molecule has 0 aliphatic rings. The summed E-state index contributed by atoms with van der Waals surface area (Å²) in [6, 6.07) is 15.7. The van der Waals surface area contributed by atoms with Gasteiger partial charge in [0.05, 0.1) is 21.7 Å². The predicted octanol–water partition coefficient (Wildman–Crippen LogP) is 4.94. The summed E-state index contributed by atoms with van der Waals surface area (Å²) >= 11 is 1.49. The molecule has 8 nitrogen and oxygen atoms in total. The van der Waals surface area contributed by atoms with Gasteiger partial charge in [0.25, 0.3) is 10.1 Å². The van der Waals surface area contributed by atoms with E-state index in [4.69, 9.17) is 8.92 Å². The van der Waals surface area contributed by atoms with Crippen molar-refractivity contribution in [1.29, 1.82) is 0 Å². The van der Waals surface area contributed by atoms with Crippen LogP contribution in [-0.2, 0) is 14.3 Å². The van der Waals surface area contributed by atoms with Crippen molar-refractivity contribution < 1.29 is 22.4 Å². The van der Waals surface area contributed by atoms with E-state index in [1.165, 1.54) is 23.5 Å². The highest BCUT2D eigenvalue weighted by atomic mass is 32.2. The fourth-order valence-corrected chi connectivity index (χ4v) is 5.23. The number of hydrogen-bond acceptors (Lipinski definition) is 9. The first kappa shape index (κ1) is 27.5. The SMILES string of the molecule is Cc1ccc(S(=O)(=O)OCC(CO)Oc2ccc3nc(C=CC=Cc4ccc(N(C)C)nc4)sc3c2)cc1. The summed E-state index contributed by atoms with van der Waals surface area (Å²) in [6.07, 6.45) is 8.71. The average molecular weight is 552 g/mol. The molecule has 2 aromatic carbocycles. The second-order valence-electron chi connectivity index (χ2n) is 8.72. The second kappa shape index (κ2) is 12.3. The number of aliphatic hydroxyl groups is 1. The Labute approximate surface area is 226 Å². The van der Waals surface area contributed by atoms with Gasteiger partial charge in [0.2, 0.25) is 0 Å². The lowest BCUT2D eigenvalue weighted by atomic mass is 10.2. The van der Waals surface area contributed by atoms with Crippen LogP contribution < -0.4 is 9.64 Å². The molecular formula is C28H29N3O5S2. The van der Waals surface area contributed by atoms with E-state index < -0.39 is 22.8 Å². The third kappa shape index (κ3) is 7.26. The van der Waals surface area contributed by atoms with Crippen molar-refractivity contribution in [1.82, 2.24) is 9.97 Å². The van der Waals surface area contributed by atoms with Crippen molar-refractivity contribution in [3.05, 3.63) is 89.1 Å². The quantitative estimate of drug-likeness (QED) is 0.207. The highest BCUT2D eigenvalue weighted by molar-refractivity contribution is 7.86. The third-order valence-electron chi connectivity index (χ3n) is 5.47. The molecule has 0 fully saturated rings. The van der Waals surface area contributed by atoms with Gasteiger partial charge in [0, 0.05) is 20.3 Å². The zero-order chi connectivity index (χ0) is 27.1. The molecule has 4 rings (SSSR count). The number of aliphatic hydroxyl groups excluding tert-OH is 1. The maximum absolute atomic E-state index is 12.4. The molecule has 2 aromatic heterocycles. The summed E-state index contributed by atoms with van der Waals surface area (Å²) in [6.45, 7) is 1.15. The van der Waals surface area contributed by atoms with Gasteiger partial charge in [0.15, 0.2) is 0 Å². The monoisotopic (exact) mass is 551 g/mol. The number of rotatable bonds is 11. The zero-order valence-corrected chi connectivity index (χ0v) is 22.9. The molecule has 10 heteroatoms. The lowest BCUT2D eigenvalue weighted by molar-refractivity contribution is 0.0742. The maximum Gasteiger partial charge on any atom is 0.297 e. The summed E-state index contributed by atoms with van der Waals surface area (Å²) in [5.41, 5.74) is 2.76. The van der Waals surface area contributed by atoms with E-state index in [9.17, 15) is 13.5 Å². The first-order valence-corrected chi connectivity index (χ1v) is 14.1. The van der Waals surface area contributed by atoms with E-state index in [1.807, 2.05) is 80.7 Å². The Balaban J connectivity index is 1.36. The van der Waals surface area contributed by atoms with Gasteiger partial charge in [-0.3, -0.25) is 4.18 Å². The van der Waals surface area contributed by atoms with E-state index in [0.29, 0.717) is 5.75 Å². The van der Waals surface area contributed by atoms with Crippen LogP contribution in [0.3, 0.4) is 0 Å². The minimum atomic E-state index is -3.96. The van der Waals surface area contributed by atoms with Gasteiger partial charge in [-0.15, -0.1) is 11.3 Å². The van der Waals surface area contributed by atoms with Crippen molar-refractivity contribution in [3.8, 4) is 5.75 Å². The zero-order valence-electron chi connectivity index (χ0n) is 21.3. The summed E-state index contributed by atoms with van der Waals surface area (Å²) in [5, 5.41) is 10.5. The number of pyridine rings is 1. The number of nitrogens with zero attached hydrogens (tertiary/aromatic N) is 3. The minimum Gasteiger partial charge on any atom is -0.486 e. The molecule has 0 aliphatic heterocycles. The normalized spacial score (nSPS) is 12.9. The van der Waals surface area contributed by atoms with E-state index in [2.05, 4.69) is 9.97 Å². The number of aryl methyl sites for hydroxylation is 1. The molecule has 198 valence electrons. The lowest BCUT2D eigenvalue weighted by Crippen LogP contribution is -2.28. The fraction of sp³-hybridized carbons (Fsp3) is 0.214. The fourth-order valence-electron chi connectivity index (χ4n) is 3.39. The Hall–Kier alpha value is -3.57. The molecule has 0 bridgehead atoms. The summed E-state index contributed by atoms with van der Waals surface area (Å²) < 4.78 is 36.7. The largest absolute Gasteiger partial charge is 0.486 e. The Morgan fingerprint density at radius 3 is 2.50 bits per heavy atom. The molecule has 0 saturated carbocycles. The van der Waals surface area contributed by atoms with Gasteiger partial charge in [-0.2, -0.15) is 8.42 Å². The van der Waals surface area contributed by atoms with Crippen LogP contribution in [-0.4, -0.2) is 56.9 Å². The van der Waals surface area contributed by atoms with Gasteiger partial charge in [0.1, 0.15) is 29.3 Å². The highest BCUT2D eigenvalue weighted by Crippen LogP contribution is 2.28. The van der Waals surface area contributed by atoms with Gasteiger partial charge in [-0.05, 0) is 61.0 Å². The van der Waals surface area contributed by atoms with Gasteiger partial charge >= 0.3 is 0 Å². The molecule has 38 heavy (non-hydrogen) atoms. The predicted molar refractivity (Wildman–Crippen MR) is 152 cm³/mol. The van der Waals surface area contributed by atoms with Crippen LogP contribution in [0.1, 0.15) is 16.1 Å². The summed E-state index contributed by atoms with van der Waals surface area (Å²) in [7, 11) is -0.0541. The van der Waals surface area contributed by atoms with Crippen molar-refractivity contribution in [2.45, 2.75) is 17.9 Å². The number of fused-ring (bicyclic) bond motifs is 1. The molecule has 1 unspecified atom stereocenters. The third-order valence-corrected chi connectivity index (χ3v) is 7.75. The topological polar surface area (TPSA) is 102 Å². The smallest absolute Gasteiger partial charge is 0.297 e. The molecule has 0 aliphatic carbocycles. The first-order valence-electron chi connectivity index (χ1n) is 11.9. The number of thiazole rings is 1. The Morgan fingerprint density at radius 1 is 1.05 bits per heavy atom. The van der Waals surface area contributed by atoms with Crippen LogP contribution in [0.2, 0.25) is 0 Å². The Kier molecular flexibility index (Phi) is 8.90. The average Bonchev–Trinajstić information content (AvgIpc) is 3.31. The molecule has 0 amide bonds.